The van der Waals surface area contributed by atoms with E-state index < -0.39 is 11.9 Å². The minimum absolute atomic E-state index is 0.0777. The monoisotopic (exact) mass is 269 g/mol. The van der Waals surface area contributed by atoms with Crippen LogP contribution >= 0.6 is 0 Å². The first-order valence-corrected chi connectivity index (χ1v) is 7.03. The Morgan fingerprint density at radius 3 is 2.42 bits per heavy atom. The third kappa shape index (κ3) is 2.76. The molecule has 2 unspecified atom stereocenters. The largest absolute Gasteiger partial charge is 0.481 e. The lowest BCUT2D eigenvalue weighted by molar-refractivity contribution is -0.148. The molecule has 2 aliphatic rings. The molecule has 1 saturated carbocycles. The summed E-state index contributed by atoms with van der Waals surface area (Å²) in [4.78, 5) is 25.5. The first-order chi connectivity index (χ1) is 8.96. The van der Waals surface area contributed by atoms with Gasteiger partial charge in [-0.15, -0.1) is 0 Å². The molecule has 1 aliphatic carbocycles. The Morgan fingerprint density at radius 1 is 1.21 bits per heavy atom. The molecule has 1 saturated heterocycles. The molecular weight excluding hydrogens is 246 g/mol. The summed E-state index contributed by atoms with van der Waals surface area (Å²) in [6, 6.07) is -0.330. The number of carboxylic acids is 1. The van der Waals surface area contributed by atoms with Crippen molar-refractivity contribution < 1.29 is 19.4 Å². The van der Waals surface area contributed by atoms with Gasteiger partial charge in [-0.1, -0.05) is 26.2 Å². The van der Waals surface area contributed by atoms with Gasteiger partial charge in [-0.05, 0) is 12.8 Å². The van der Waals surface area contributed by atoms with Gasteiger partial charge < -0.3 is 14.7 Å². The number of rotatable bonds is 3. The van der Waals surface area contributed by atoms with Crippen molar-refractivity contribution in [3.05, 3.63) is 0 Å². The summed E-state index contributed by atoms with van der Waals surface area (Å²) in [6.45, 7) is 2.54. The Bertz CT molecular complexity index is 362. The van der Waals surface area contributed by atoms with Crippen LogP contribution in [0.2, 0.25) is 0 Å². The van der Waals surface area contributed by atoms with Gasteiger partial charge >= 0.3 is 5.97 Å². The summed E-state index contributed by atoms with van der Waals surface area (Å²) in [7, 11) is 1.72. The van der Waals surface area contributed by atoms with Gasteiger partial charge in [0.15, 0.2) is 0 Å². The van der Waals surface area contributed by atoms with Crippen LogP contribution in [-0.2, 0) is 14.3 Å². The van der Waals surface area contributed by atoms with Crippen LogP contribution in [0.15, 0.2) is 0 Å². The number of ether oxygens (including phenoxy) is 1. The van der Waals surface area contributed by atoms with Crippen LogP contribution < -0.4 is 0 Å². The van der Waals surface area contributed by atoms with Crippen molar-refractivity contribution in [2.75, 3.05) is 20.3 Å². The Kier molecular flexibility index (Phi) is 4.13. The Labute approximate surface area is 113 Å². The van der Waals surface area contributed by atoms with E-state index in [0.717, 1.165) is 25.7 Å². The molecule has 1 aliphatic heterocycles. The van der Waals surface area contributed by atoms with E-state index in [4.69, 9.17) is 4.74 Å². The van der Waals surface area contributed by atoms with Gasteiger partial charge in [0.1, 0.15) is 5.92 Å². The highest BCUT2D eigenvalue weighted by molar-refractivity contribution is 5.83. The van der Waals surface area contributed by atoms with Crippen LogP contribution in [0.4, 0.5) is 0 Å². The van der Waals surface area contributed by atoms with Gasteiger partial charge in [-0.25, -0.2) is 0 Å². The third-order valence-electron chi connectivity index (χ3n) is 4.66. The Morgan fingerprint density at radius 2 is 1.84 bits per heavy atom. The molecule has 2 rings (SSSR count). The number of carbonyl (C=O) groups is 2. The van der Waals surface area contributed by atoms with Crippen molar-refractivity contribution in [2.24, 2.45) is 11.3 Å². The number of hydrogen-bond acceptors (Lipinski definition) is 3. The van der Waals surface area contributed by atoms with Crippen molar-refractivity contribution >= 4 is 11.9 Å². The van der Waals surface area contributed by atoms with E-state index in [1.807, 2.05) is 6.92 Å². The Hall–Kier alpha value is -1.10. The second-order valence-electron chi connectivity index (χ2n) is 6.09. The van der Waals surface area contributed by atoms with Crippen LogP contribution in [0.3, 0.4) is 0 Å². The fraction of sp³-hybridized carbons (Fsp3) is 0.857. The second kappa shape index (κ2) is 5.49. The predicted octanol–water partition coefficient (Wildman–Crippen LogP) is 1.51. The molecule has 0 aromatic carbocycles. The summed E-state index contributed by atoms with van der Waals surface area (Å²) in [5, 5.41) is 9.17. The van der Waals surface area contributed by atoms with Gasteiger partial charge in [0.05, 0.1) is 19.3 Å². The zero-order valence-corrected chi connectivity index (χ0v) is 11.7. The molecule has 108 valence electrons. The molecule has 1 amide bonds. The minimum atomic E-state index is -0.879. The number of carboxylic acid groups (broad SMARTS) is 1. The number of aliphatic carboxylic acids is 1. The summed E-state index contributed by atoms with van der Waals surface area (Å²) in [6.07, 6.45) is 5.17. The predicted molar refractivity (Wildman–Crippen MR) is 69.7 cm³/mol. The van der Waals surface area contributed by atoms with Crippen molar-refractivity contribution in [3.63, 3.8) is 0 Å². The molecule has 0 radical (unpaired) electrons. The minimum Gasteiger partial charge on any atom is -0.481 e. The lowest BCUT2D eigenvalue weighted by Gasteiger charge is -2.38. The smallest absolute Gasteiger partial charge is 0.311 e. The van der Waals surface area contributed by atoms with E-state index >= 15 is 0 Å². The number of nitrogens with zero attached hydrogens (tertiary/aromatic N) is 1. The standard InChI is InChI=1S/C14H23NO4/c1-14(6-4-3-5-7-14)13(18)15(2)11-9-19-8-10(11)12(16)17/h10-11H,3-9H2,1-2H3,(H,16,17). The normalized spacial score (nSPS) is 30.0. The zero-order valence-electron chi connectivity index (χ0n) is 11.7. The molecule has 0 spiro atoms. The number of hydrogen-bond donors (Lipinski definition) is 1. The zero-order chi connectivity index (χ0) is 14.0. The first-order valence-electron chi connectivity index (χ1n) is 7.03. The maximum absolute atomic E-state index is 12.7. The van der Waals surface area contributed by atoms with E-state index in [1.165, 1.54) is 6.42 Å². The third-order valence-corrected chi connectivity index (χ3v) is 4.66. The molecule has 2 atom stereocenters. The molecule has 2 fully saturated rings. The highest BCUT2D eigenvalue weighted by Crippen LogP contribution is 2.38. The van der Waals surface area contributed by atoms with Crippen molar-refractivity contribution in [2.45, 2.75) is 45.1 Å². The van der Waals surface area contributed by atoms with Gasteiger partial charge in [-0.2, -0.15) is 0 Å². The average molecular weight is 269 g/mol. The van der Waals surface area contributed by atoms with Gasteiger partial charge in [0.2, 0.25) is 5.91 Å². The van der Waals surface area contributed by atoms with E-state index in [2.05, 4.69) is 0 Å². The van der Waals surface area contributed by atoms with Crippen LogP contribution in [0.5, 0.6) is 0 Å². The van der Waals surface area contributed by atoms with Crippen molar-refractivity contribution in [1.29, 1.82) is 0 Å². The summed E-state index contributed by atoms with van der Waals surface area (Å²) in [5.41, 5.74) is -0.321. The fourth-order valence-electron chi connectivity index (χ4n) is 3.28. The van der Waals surface area contributed by atoms with Crippen LogP contribution in [-0.4, -0.2) is 48.2 Å². The van der Waals surface area contributed by atoms with E-state index in [1.54, 1.807) is 11.9 Å². The molecule has 1 N–H and O–H groups in total. The van der Waals surface area contributed by atoms with Crippen molar-refractivity contribution in [1.82, 2.24) is 4.90 Å². The topological polar surface area (TPSA) is 66.8 Å². The van der Waals surface area contributed by atoms with Crippen LogP contribution in [0.1, 0.15) is 39.0 Å². The highest BCUT2D eigenvalue weighted by atomic mass is 16.5. The van der Waals surface area contributed by atoms with Crippen LogP contribution in [0, 0.1) is 11.3 Å². The number of carbonyl (C=O) groups excluding carboxylic acids is 1. The molecule has 0 aromatic rings. The molecule has 0 aromatic heterocycles. The molecule has 1 heterocycles. The van der Waals surface area contributed by atoms with Gasteiger partial charge in [-0.3, -0.25) is 9.59 Å². The summed E-state index contributed by atoms with van der Waals surface area (Å²) in [5.74, 6) is -1.40. The van der Waals surface area contributed by atoms with Gasteiger partial charge in [0, 0.05) is 12.5 Å². The molecular formula is C14H23NO4. The van der Waals surface area contributed by atoms with E-state index in [9.17, 15) is 14.7 Å². The van der Waals surface area contributed by atoms with E-state index in [-0.39, 0.29) is 24.0 Å². The van der Waals surface area contributed by atoms with Crippen LogP contribution in [0.25, 0.3) is 0 Å². The Balaban J connectivity index is 2.08. The SMILES string of the molecule is CN(C(=O)C1(C)CCCCC1)C1COCC1C(=O)O. The summed E-state index contributed by atoms with van der Waals surface area (Å²) >= 11 is 0. The number of amides is 1. The van der Waals surface area contributed by atoms with Crippen molar-refractivity contribution in [3.8, 4) is 0 Å². The second-order valence-corrected chi connectivity index (χ2v) is 6.09. The molecule has 0 bridgehead atoms. The van der Waals surface area contributed by atoms with Gasteiger partial charge in [0.25, 0.3) is 0 Å². The molecule has 5 heteroatoms. The maximum atomic E-state index is 12.7. The average Bonchev–Trinajstić information content (AvgIpc) is 2.87. The fourth-order valence-corrected chi connectivity index (χ4v) is 3.28. The summed E-state index contributed by atoms with van der Waals surface area (Å²) < 4.78 is 5.25. The lowest BCUT2D eigenvalue weighted by atomic mass is 9.74. The lowest BCUT2D eigenvalue weighted by Crippen LogP contribution is -2.50. The number of likely N-dealkylation sites (N-methyl/N-ethyl adjacent to an activating group) is 1. The quantitative estimate of drug-likeness (QED) is 0.843. The molecule has 19 heavy (non-hydrogen) atoms. The first kappa shape index (κ1) is 14.3. The highest BCUT2D eigenvalue weighted by Gasteiger charge is 2.43. The molecule has 5 nitrogen and oxygen atoms in total. The van der Waals surface area contributed by atoms with E-state index in [0.29, 0.717) is 6.61 Å². The maximum Gasteiger partial charge on any atom is 0.311 e.